The number of hydrogen-bond acceptors (Lipinski definition) is 5. The summed E-state index contributed by atoms with van der Waals surface area (Å²) in [6, 6.07) is 12.3. The van der Waals surface area contributed by atoms with Gasteiger partial charge in [-0.15, -0.1) is 0 Å². The Morgan fingerprint density at radius 1 is 1.19 bits per heavy atom. The number of aromatic nitrogens is 1. The van der Waals surface area contributed by atoms with Crippen LogP contribution in [-0.2, 0) is 11.2 Å². The normalized spacial score (nSPS) is 10.3. The second kappa shape index (κ2) is 8.33. The zero-order chi connectivity index (χ0) is 19.2. The van der Waals surface area contributed by atoms with Gasteiger partial charge in [-0.05, 0) is 36.5 Å². The van der Waals surface area contributed by atoms with E-state index in [2.05, 4.69) is 15.6 Å². The maximum atomic E-state index is 12.2. The number of amides is 1. The van der Waals surface area contributed by atoms with Crippen LogP contribution in [0, 0.1) is 0 Å². The van der Waals surface area contributed by atoms with Gasteiger partial charge < -0.3 is 19.5 Å². The molecule has 27 heavy (non-hydrogen) atoms. The predicted octanol–water partition coefficient (Wildman–Crippen LogP) is 3.11. The van der Waals surface area contributed by atoms with Crippen LogP contribution in [-0.4, -0.2) is 29.1 Å². The molecule has 3 rings (SSSR count). The number of thiocarbonyl (C=S) groups is 1. The molecule has 7 nitrogen and oxygen atoms in total. The molecular formula is C19H17N3O4S. The maximum absolute atomic E-state index is 12.2. The van der Waals surface area contributed by atoms with Crippen LogP contribution in [0.5, 0.6) is 0 Å². The zero-order valence-electron chi connectivity index (χ0n) is 14.4. The van der Waals surface area contributed by atoms with Gasteiger partial charge in [0.1, 0.15) is 11.5 Å². The van der Waals surface area contributed by atoms with E-state index in [0.29, 0.717) is 23.4 Å². The summed E-state index contributed by atoms with van der Waals surface area (Å²) >= 11 is 5.24. The fourth-order valence-electron chi connectivity index (χ4n) is 2.52. The van der Waals surface area contributed by atoms with Gasteiger partial charge in [-0.3, -0.25) is 10.1 Å². The fraction of sp³-hybridized carbons (Fsp3) is 0.105. The lowest BCUT2D eigenvalue weighted by Gasteiger charge is -2.12. The highest BCUT2D eigenvalue weighted by molar-refractivity contribution is 7.80. The van der Waals surface area contributed by atoms with Crippen molar-refractivity contribution in [1.29, 1.82) is 0 Å². The van der Waals surface area contributed by atoms with E-state index < -0.39 is 5.97 Å². The molecule has 0 aliphatic carbocycles. The van der Waals surface area contributed by atoms with E-state index in [-0.39, 0.29) is 16.7 Å². The van der Waals surface area contributed by atoms with Crippen LogP contribution >= 0.6 is 12.2 Å². The van der Waals surface area contributed by atoms with E-state index in [9.17, 15) is 9.59 Å². The van der Waals surface area contributed by atoms with Crippen molar-refractivity contribution in [2.45, 2.75) is 6.42 Å². The molecule has 0 unspecified atom stereocenters. The highest BCUT2D eigenvalue weighted by atomic mass is 32.1. The maximum Gasteiger partial charge on any atom is 0.356 e. The molecule has 1 aromatic carbocycles. The van der Waals surface area contributed by atoms with Crippen LogP contribution in [0.15, 0.2) is 59.3 Å². The van der Waals surface area contributed by atoms with Crippen molar-refractivity contribution < 1.29 is 18.7 Å². The highest BCUT2D eigenvalue weighted by Crippen LogP contribution is 2.24. The number of H-pyrrole nitrogens is 1. The minimum absolute atomic E-state index is 0.0642. The average Bonchev–Trinajstić information content (AvgIpc) is 3.33. The van der Waals surface area contributed by atoms with E-state index in [4.69, 9.17) is 21.4 Å². The van der Waals surface area contributed by atoms with E-state index in [1.807, 2.05) is 12.1 Å². The monoisotopic (exact) mass is 383 g/mol. The van der Waals surface area contributed by atoms with Gasteiger partial charge in [0, 0.05) is 23.7 Å². The molecular weight excluding hydrogens is 366 g/mol. The molecule has 2 aromatic heterocycles. The van der Waals surface area contributed by atoms with Gasteiger partial charge in [-0.1, -0.05) is 18.2 Å². The first kappa shape index (κ1) is 18.4. The van der Waals surface area contributed by atoms with Crippen LogP contribution in [0.25, 0.3) is 0 Å². The molecule has 138 valence electrons. The number of aromatic amines is 1. The van der Waals surface area contributed by atoms with Crippen molar-refractivity contribution >= 4 is 34.9 Å². The van der Waals surface area contributed by atoms with Crippen LogP contribution < -0.4 is 10.6 Å². The summed E-state index contributed by atoms with van der Waals surface area (Å²) in [6.07, 6.45) is 3.66. The molecule has 0 atom stereocenters. The summed E-state index contributed by atoms with van der Waals surface area (Å²) in [5.74, 6) is -0.191. The van der Waals surface area contributed by atoms with Crippen molar-refractivity contribution in [3.63, 3.8) is 0 Å². The second-order valence-corrected chi connectivity index (χ2v) is 5.99. The Hall–Kier alpha value is -3.39. The Balaban J connectivity index is 1.79. The molecule has 0 fully saturated rings. The third kappa shape index (κ3) is 4.42. The van der Waals surface area contributed by atoms with Gasteiger partial charge in [0.15, 0.2) is 5.11 Å². The van der Waals surface area contributed by atoms with E-state index in [1.54, 1.807) is 42.8 Å². The summed E-state index contributed by atoms with van der Waals surface area (Å²) in [7, 11) is 1.29. The molecule has 3 aromatic rings. The van der Waals surface area contributed by atoms with Crippen LogP contribution in [0.1, 0.15) is 32.2 Å². The van der Waals surface area contributed by atoms with Gasteiger partial charge in [0.25, 0.3) is 5.91 Å². The van der Waals surface area contributed by atoms with Crippen LogP contribution in [0.4, 0.5) is 5.69 Å². The number of methoxy groups -OCH3 is 1. The van der Waals surface area contributed by atoms with Gasteiger partial charge in [-0.2, -0.15) is 0 Å². The Labute approximate surface area is 160 Å². The Kier molecular flexibility index (Phi) is 5.68. The number of carbonyl (C=O) groups excluding carboxylic acids is 2. The molecule has 0 saturated carbocycles. The minimum Gasteiger partial charge on any atom is -0.469 e. The van der Waals surface area contributed by atoms with E-state index >= 15 is 0 Å². The van der Waals surface area contributed by atoms with Crippen LogP contribution in [0.3, 0.4) is 0 Å². The highest BCUT2D eigenvalue weighted by Gasteiger charge is 2.20. The van der Waals surface area contributed by atoms with Crippen molar-refractivity contribution in [2.24, 2.45) is 0 Å². The Bertz CT molecular complexity index is 949. The van der Waals surface area contributed by atoms with Gasteiger partial charge in [0.05, 0.1) is 19.1 Å². The number of furan rings is 1. The molecule has 0 saturated heterocycles. The lowest BCUT2D eigenvalue weighted by Crippen LogP contribution is -2.34. The third-order valence-electron chi connectivity index (χ3n) is 3.80. The second-order valence-electron chi connectivity index (χ2n) is 5.59. The molecule has 0 aliphatic rings. The van der Waals surface area contributed by atoms with E-state index in [1.165, 1.54) is 7.11 Å². The van der Waals surface area contributed by atoms with Crippen molar-refractivity contribution in [2.75, 3.05) is 12.4 Å². The van der Waals surface area contributed by atoms with Crippen LogP contribution in [0.2, 0.25) is 0 Å². The number of anilines is 1. The molecule has 0 radical (unpaired) electrons. The lowest BCUT2D eigenvalue weighted by molar-refractivity contribution is 0.0596. The number of rotatable bonds is 5. The smallest absolute Gasteiger partial charge is 0.356 e. The molecule has 0 aliphatic heterocycles. The van der Waals surface area contributed by atoms with Crippen molar-refractivity contribution in [1.82, 2.24) is 10.3 Å². The number of carbonyl (C=O) groups is 2. The first-order valence-electron chi connectivity index (χ1n) is 8.07. The standard InChI is InChI=1S/C19H17N3O4S/c1-25-18(24)16-15(13(11-20-16)10-14-8-5-9-26-14)21-19(27)22-17(23)12-6-3-2-4-7-12/h2-9,11,20H,10H2,1H3,(H2,21,22,23,27). The largest absolute Gasteiger partial charge is 0.469 e. The Morgan fingerprint density at radius 3 is 2.63 bits per heavy atom. The van der Waals surface area contributed by atoms with Gasteiger partial charge >= 0.3 is 5.97 Å². The number of esters is 1. The summed E-state index contributed by atoms with van der Waals surface area (Å²) in [5, 5.41) is 5.57. The summed E-state index contributed by atoms with van der Waals surface area (Å²) in [4.78, 5) is 27.2. The topological polar surface area (TPSA) is 96.4 Å². The number of hydrogen-bond donors (Lipinski definition) is 3. The zero-order valence-corrected chi connectivity index (χ0v) is 15.3. The Morgan fingerprint density at radius 2 is 1.96 bits per heavy atom. The minimum atomic E-state index is -0.555. The summed E-state index contributed by atoms with van der Waals surface area (Å²) < 4.78 is 10.1. The fourth-order valence-corrected chi connectivity index (χ4v) is 2.71. The first-order chi connectivity index (χ1) is 13.1. The number of benzene rings is 1. The van der Waals surface area contributed by atoms with E-state index in [0.717, 1.165) is 5.56 Å². The first-order valence-corrected chi connectivity index (χ1v) is 8.47. The average molecular weight is 383 g/mol. The number of nitrogens with one attached hydrogen (secondary N) is 3. The van der Waals surface area contributed by atoms with Crippen molar-refractivity contribution in [3.8, 4) is 0 Å². The molecule has 1 amide bonds. The quantitative estimate of drug-likeness (QED) is 0.463. The number of ether oxygens (including phenoxy) is 1. The summed E-state index contributed by atoms with van der Waals surface area (Å²) in [6.45, 7) is 0. The summed E-state index contributed by atoms with van der Waals surface area (Å²) in [5.41, 5.74) is 1.84. The SMILES string of the molecule is COC(=O)c1[nH]cc(Cc2ccco2)c1NC(=S)NC(=O)c1ccccc1. The van der Waals surface area contributed by atoms with Gasteiger partial charge in [0.2, 0.25) is 0 Å². The third-order valence-corrected chi connectivity index (χ3v) is 4.00. The lowest BCUT2D eigenvalue weighted by atomic mass is 10.1. The predicted molar refractivity (Wildman–Crippen MR) is 104 cm³/mol. The molecule has 8 heteroatoms. The molecule has 2 heterocycles. The molecule has 0 bridgehead atoms. The molecule has 0 spiro atoms. The van der Waals surface area contributed by atoms with Crippen molar-refractivity contribution in [3.05, 3.63) is 77.5 Å². The van der Waals surface area contributed by atoms with Gasteiger partial charge in [-0.25, -0.2) is 4.79 Å². The molecule has 3 N–H and O–H groups in total.